The van der Waals surface area contributed by atoms with Gasteiger partial charge in [0, 0.05) is 18.2 Å². The lowest BCUT2D eigenvalue weighted by atomic mass is 10.1. The van der Waals surface area contributed by atoms with Crippen LogP contribution in [-0.2, 0) is 9.53 Å². The number of aryl methyl sites for hydroxylation is 1. The zero-order chi connectivity index (χ0) is 12.1. The molecule has 0 atom stereocenters. The predicted molar refractivity (Wildman–Crippen MR) is 58.9 cm³/mol. The molecule has 0 spiro atoms. The molecule has 0 heterocycles. The number of methoxy groups -OCH3 is 1. The van der Waals surface area contributed by atoms with Gasteiger partial charge in [0.15, 0.2) is 0 Å². The first kappa shape index (κ1) is 11.9. The van der Waals surface area contributed by atoms with Crippen LogP contribution in [0.25, 0.3) is 6.08 Å². The Morgan fingerprint density at radius 2 is 2.19 bits per heavy atom. The number of nitro groups is 1. The molecule has 0 aliphatic heterocycles. The van der Waals surface area contributed by atoms with E-state index in [4.69, 9.17) is 0 Å². The summed E-state index contributed by atoms with van der Waals surface area (Å²) in [7, 11) is 1.27. The van der Waals surface area contributed by atoms with Gasteiger partial charge in [-0.2, -0.15) is 0 Å². The van der Waals surface area contributed by atoms with Gasteiger partial charge in [0.2, 0.25) is 0 Å². The van der Waals surface area contributed by atoms with Crippen LogP contribution >= 0.6 is 0 Å². The van der Waals surface area contributed by atoms with Gasteiger partial charge in [-0.25, -0.2) is 4.79 Å². The number of non-ortho nitro benzene ring substituents is 1. The van der Waals surface area contributed by atoms with Gasteiger partial charge in [0.1, 0.15) is 0 Å². The number of hydrogen-bond acceptors (Lipinski definition) is 4. The summed E-state index contributed by atoms with van der Waals surface area (Å²) in [6.07, 6.45) is 2.72. The highest BCUT2D eigenvalue weighted by Gasteiger charge is 2.06. The molecule has 0 saturated heterocycles. The maximum Gasteiger partial charge on any atom is 0.330 e. The van der Waals surface area contributed by atoms with Crippen LogP contribution < -0.4 is 0 Å². The number of nitrogens with zero attached hydrogens (tertiary/aromatic N) is 1. The zero-order valence-corrected chi connectivity index (χ0v) is 8.97. The number of nitro benzene ring substituents is 1. The minimum absolute atomic E-state index is 0.00452. The second-order valence-electron chi connectivity index (χ2n) is 3.15. The third-order valence-electron chi connectivity index (χ3n) is 2.07. The van der Waals surface area contributed by atoms with Crippen LogP contribution in [-0.4, -0.2) is 18.0 Å². The topological polar surface area (TPSA) is 69.4 Å². The molecule has 16 heavy (non-hydrogen) atoms. The molecule has 0 N–H and O–H groups in total. The van der Waals surface area contributed by atoms with Crippen LogP contribution in [0.2, 0.25) is 0 Å². The Morgan fingerprint density at radius 3 is 2.75 bits per heavy atom. The van der Waals surface area contributed by atoms with E-state index in [9.17, 15) is 14.9 Å². The molecule has 0 aromatic heterocycles. The Balaban J connectivity index is 3.03. The summed E-state index contributed by atoms with van der Waals surface area (Å²) in [6.45, 7) is 1.81. The first-order valence-corrected chi connectivity index (χ1v) is 4.55. The minimum atomic E-state index is -0.495. The van der Waals surface area contributed by atoms with Gasteiger partial charge >= 0.3 is 5.97 Å². The van der Waals surface area contributed by atoms with E-state index >= 15 is 0 Å². The maximum absolute atomic E-state index is 10.9. The molecule has 84 valence electrons. The second-order valence-corrected chi connectivity index (χ2v) is 3.15. The summed E-state index contributed by atoms with van der Waals surface area (Å²) in [5.74, 6) is -0.495. The summed E-state index contributed by atoms with van der Waals surface area (Å²) in [5, 5.41) is 10.5. The molecule has 0 aliphatic rings. The number of ether oxygens (including phenoxy) is 1. The Morgan fingerprint density at radius 1 is 1.50 bits per heavy atom. The number of benzene rings is 1. The summed E-state index contributed by atoms with van der Waals surface area (Å²) in [5.41, 5.74) is 1.47. The third kappa shape index (κ3) is 2.91. The number of carbonyl (C=O) groups excluding carboxylic acids is 1. The van der Waals surface area contributed by atoms with Crippen molar-refractivity contribution < 1.29 is 14.5 Å². The molecule has 0 fully saturated rings. The molecule has 5 heteroatoms. The van der Waals surface area contributed by atoms with Crippen molar-refractivity contribution in [2.24, 2.45) is 0 Å². The van der Waals surface area contributed by atoms with Gasteiger partial charge in [-0.15, -0.1) is 0 Å². The van der Waals surface area contributed by atoms with Crippen molar-refractivity contribution in [3.8, 4) is 0 Å². The van der Waals surface area contributed by atoms with Crippen LogP contribution in [0.4, 0.5) is 5.69 Å². The highest BCUT2D eigenvalue weighted by molar-refractivity contribution is 5.87. The van der Waals surface area contributed by atoms with Gasteiger partial charge in [-0.3, -0.25) is 10.1 Å². The van der Waals surface area contributed by atoms with E-state index in [1.807, 2.05) is 0 Å². The van der Waals surface area contributed by atoms with Crippen LogP contribution in [0.3, 0.4) is 0 Å². The fourth-order valence-corrected chi connectivity index (χ4v) is 1.15. The van der Waals surface area contributed by atoms with E-state index in [1.165, 1.54) is 31.4 Å². The van der Waals surface area contributed by atoms with Crippen LogP contribution in [0.15, 0.2) is 24.3 Å². The Bertz CT molecular complexity index is 451. The van der Waals surface area contributed by atoms with E-state index in [0.717, 1.165) is 5.56 Å². The first-order chi connectivity index (χ1) is 7.54. The molecular formula is C11H11NO4. The average molecular weight is 221 g/mol. The van der Waals surface area contributed by atoms with Crippen LogP contribution in [0, 0.1) is 17.0 Å². The lowest BCUT2D eigenvalue weighted by Crippen LogP contribution is -1.94. The largest absolute Gasteiger partial charge is 0.466 e. The monoisotopic (exact) mass is 221 g/mol. The van der Waals surface area contributed by atoms with Gasteiger partial charge in [-0.05, 0) is 24.1 Å². The molecule has 1 aromatic rings. The molecular weight excluding hydrogens is 210 g/mol. The highest BCUT2D eigenvalue weighted by atomic mass is 16.6. The maximum atomic E-state index is 10.9. The minimum Gasteiger partial charge on any atom is -0.466 e. The average Bonchev–Trinajstić information content (AvgIpc) is 2.27. The smallest absolute Gasteiger partial charge is 0.330 e. The third-order valence-corrected chi connectivity index (χ3v) is 2.07. The molecule has 0 aliphatic carbocycles. The fraction of sp³-hybridized carbons (Fsp3) is 0.182. The van der Waals surface area contributed by atoms with E-state index in [1.54, 1.807) is 13.0 Å². The second kappa shape index (κ2) is 5.06. The molecule has 1 aromatic carbocycles. The molecule has 1 rings (SSSR count). The van der Waals surface area contributed by atoms with Gasteiger partial charge in [-0.1, -0.05) is 6.07 Å². The first-order valence-electron chi connectivity index (χ1n) is 4.55. The molecule has 0 radical (unpaired) electrons. The van der Waals surface area contributed by atoms with Crippen LogP contribution in [0.5, 0.6) is 0 Å². The standard InChI is InChI=1S/C11H11NO4/c1-8-3-5-10(12(14)15)7-9(8)4-6-11(13)16-2/h3-7H,1-2H3. The van der Waals surface area contributed by atoms with Gasteiger partial charge in [0.05, 0.1) is 12.0 Å². The highest BCUT2D eigenvalue weighted by Crippen LogP contribution is 2.18. The van der Waals surface area contributed by atoms with Gasteiger partial charge in [0.25, 0.3) is 5.69 Å². The van der Waals surface area contributed by atoms with E-state index < -0.39 is 10.9 Å². The molecule has 0 amide bonds. The molecule has 0 saturated carbocycles. The predicted octanol–water partition coefficient (Wildman–Crippen LogP) is 2.09. The Labute approximate surface area is 92.5 Å². The van der Waals surface area contributed by atoms with Crippen molar-refractivity contribution in [3.63, 3.8) is 0 Å². The normalized spacial score (nSPS) is 10.4. The van der Waals surface area contributed by atoms with Crippen molar-refractivity contribution in [2.45, 2.75) is 6.92 Å². The number of esters is 1. The van der Waals surface area contributed by atoms with E-state index in [2.05, 4.69) is 4.74 Å². The van der Waals surface area contributed by atoms with Crippen molar-refractivity contribution in [2.75, 3.05) is 7.11 Å². The molecule has 0 unspecified atom stereocenters. The molecule has 0 bridgehead atoms. The SMILES string of the molecule is COC(=O)C=Cc1cc([N+](=O)[O-])ccc1C. The zero-order valence-electron chi connectivity index (χ0n) is 8.97. The lowest BCUT2D eigenvalue weighted by Gasteiger charge is -1.99. The summed E-state index contributed by atoms with van der Waals surface area (Å²) in [6, 6.07) is 4.47. The molecule has 5 nitrogen and oxygen atoms in total. The Hall–Kier alpha value is -2.17. The van der Waals surface area contributed by atoms with Crippen molar-refractivity contribution >= 4 is 17.7 Å². The fourth-order valence-electron chi connectivity index (χ4n) is 1.15. The van der Waals surface area contributed by atoms with Crippen molar-refractivity contribution in [3.05, 3.63) is 45.5 Å². The van der Waals surface area contributed by atoms with E-state index in [-0.39, 0.29) is 5.69 Å². The van der Waals surface area contributed by atoms with Gasteiger partial charge < -0.3 is 4.74 Å². The lowest BCUT2D eigenvalue weighted by molar-refractivity contribution is -0.384. The number of carbonyl (C=O) groups is 1. The summed E-state index contributed by atoms with van der Waals surface area (Å²) >= 11 is 0. The Kier molecular flexibility index (Phi) is 3.77. The quantitative estimate of drug-likeness (QED) is 0.339. The van der Waals surface area contributed by atoms with Crippen molar-refractivity contribution in [1.82, 2.24) is 0 Å². The number of hydrogen-bond donors (Lipinski definition) is 0. The van der Waals surface area contributed by atoms with Crippen LogP contribution in [0.1, 0.15) is 11.1 Å². The number of rotatable bonds is 3. The summed E-state index contributed by atoms with van der Waals surface area (Å²) in [4.78, 5) is 20.9. The van der Waals surface area contributed by atoms with E-state index in [0.29, 0.717) is 5.56 Å². The summed E-state index contributed by atoms with van der Waals surface area (Å²) < 4.78 is 4.43. The van der Waals surface area contributed by atoms with Crippen molar-refractivity contribution in [1.29, 1.82) is 0 Å².